The van der Waals surface area contributed by atoms with Gasteiger partial charge in [0.25, 0.3) is 0 Å². The van der Waals surface area contributed by atoms with Crippen LogP contribution in [0.15, 0.2) is 28.5 Å². The fourth-order valence-electron chi connectivity index (χ4n) is 1.33. The van der Waals surface area contributed by atoms with E-state index in [4.69, 9.17) is 5.73 Å². The van der Waals surface area contributed by atoms with Gasteiger partial charge in [0.1, 0.15) is 0 Å². The van der Waals surface area contributed by atoms with Crippen LogP contribution < -0.4 is 5.73 Å². The molecule has 2 N–H and O–H groups in total. The lowest BCUT2D eigenvalue weighted by molar-refractivity contribution is 0.605. The van der Waals surface area contributed by atoms with E-state index in [0.29, 0.717) is 11.4 Å². The molecule has 76 valence electrons. The van der Waals surface area contributed by atoms with Gasteiger partial charge in [-0.25, -0.2) is 8.42 Å². The maximum absolute atomic E-state index is 11.4. The average Bonchev–Trinajstić information content (AvgIpc) is 2.42. The van der Waals surface area contributed by atoms with Gasteiger partial charge < -0.3 is 5.73 Å². The smallest absolute Gasteiger partial charge is 0.200 e. The van der Waals surface area contributed by atoms with Crippen LogP contribution in [0, 0.1) is 0 Å². The van der Waals surface area contributed by atoms with Crippen molar-refractivity contribution in [2.45, 2.75) is 11.4 Å². The average molecular weight is 232 g/mol. The molecule has 14 heavy (non-hydrogen) atoms. The number of hydrogen-bond acceptors (Lipinski definition) is 3. The maximum atomic E-state index is 11.4. The van der Waals surface area contributed by atoms with Crippen LogP contribution in [0.3, 0.4) is 0 Å². The molecule has 2 rings (SSSR count). The Kier molecular flexibility index (Phi) is 2.99. The van der Waals surface area contributed by atoms with Crippen molar-refractivity contribution in [2.24, 2.45) is 5.73 Å². The third-order valence-corrected chi connectivity index (χ3v) is 3.51. The number of halogens is 1. The molecule has 1 aliphatic rings. The highest BCUT2D eigenvalue weighted by molar-refractivity contribution is 7.94. The summed E-state index contributed by atoms with van der Waals surface area (Å²) in [5, 5.41) is 1.22. The number of fused-ring (bicyclic) bond motifs is 1. The minimum absolute atomic E-state index is 0. The number of rotatable bonds is 1. The van der Waals surface area contributed by atoms with Gasteiger partial charge in [0.05, 0.1) is 4.90 Å². The van der Waals surface area contributed by atoms with Crippen LogP contribution in [-0.4, -0.2) is 8.42 Å². The molecule has 0 atom stereocenters. The molecule has 1 heterocycles. The first kappa shape index (κ1) is 11.2. The predicted octanol–water partition coefficient (Wildman–Crippen LogP) is 1.33. The van der Waals surface area contributed by atoms with E-state index in [1.54, 1.807) is 18.2 Å². The summed E-state index contributed by atoms with van der Waals surface area (Å²) in [5.74, 6) is 0. The molecule has 3 nitrogen and oxygen atoms in total. The van der Waals surface area contributed by atoms with Gasteiger partial charge in [-0.3, -0.25) is 0 Å². The Morgan fingerprint density at radius 3 is 2.64 bits per heavy atom. The molecule has 0 spiro atoms. The maximum Gasteiger partial charge on any atom is 0.200 e. The minimum atomic E-state index is -3.17. The van der Waals surface area contributed by atoms with Crippen LogP contribution in [0.2, 0.25) is 0 Å². The largest absolute Gasteiger partial charge is 0.326 e. The summed E-state index contributed by atoms with van der Waals surface area (Å²) >= 11 is 0. The summed E-state index contributed by atoms with van der Waals surface area (Å²) in [5.41, 5.74) is 7.00. The van der Waals surface area contributed by atoms with Crippen LogP contribution in [0.1, 0.15) is 11.1 Å². The molecule has 0 fully saturated rings. The van der Waals surface area contributed by atoms with Gasteiger partial charge in [-0.05, 0) is 23.3 Å². The van der Waals surface area contributed by atoms with Crippen molar-refractivity contribution in [3.63, 3.8) is 0 Å². The lowest BCUT2D eigenvalue weighted by Crippen LogP contribution is -1.99. The number of benzene rings is 1. The van der Waals surface area contributed by atoms with E-state index in [9.17, 15) is 8.42 Å². The van der Waals surface area contributed by atoms with Crippen molar-refractivity contribution in [1.82, 2.24) is 0 Å². The van der Waals surface area contributed by atoms with Gasteiger partial charge >= 0.3 is 0 Å². The number of nitrogens with two attached hydrogens (primary N) is 1. The Morgan fingerprint density at radius 1 is 1.29 bits per heavy atom. The van der Waals surface area contributed by atoms with Crippen LogP contribution in [0.25, 0.3) is 6.08 Å². The Morgan fingerprint density at radius 2 is 2.00 bits per heavy atom. The first-order valence-corrected chi connectivity index (χ1v) is 5.44. The normalized spacial score (nSPS) is 16.1. The fraction of sp³-hybridized carbons (Fsp3) is 0.111. The van der Waals surface area contributed by atoms with Crippen molar-refractivity contribution in [1.29, 1.82) is 0 Å². The molecule has 0 saturated heterocycles. The molecule has 0 amide bonds. The molecule has 0 unspecified atom stereocenters. The van der Waals surface area contributed by atoms with Crippen molar-refractivity contribution in [3.05, 3.63) is 34.7 Å². The topological polar surface area (TPSA) is 60.2 Å². The highest BCUT2D eigenvalue weighted by Crippen LogP contribution is 2.27. The highest BCUT2D eigenvalue weighted by atomic mass is 35.5. The Balaban J connectivity index is 0.000000980. The summed E-state index contributed by atoms with van der Waals surface area (Å²) in [6.45, 7) is 0.364. The SMILES string of the molecule is Cl.NCc1ccc2c(c1)S(=O)(=O)C=C2. The van der Waals surface area contributed by atoms with E-state index < -0.39 is 9.84 Å². The molecular formula is C9H10ClNO2S. The second-order valence-corrected chi connectivity index (χ2v) is 4.73. The monoisotopic (exact) mass is 231 g/mol. The second-order valence-electron chi connectivity index (χ2n) is 2.92. The van der Waals surface area contributed by atoms with Crippen molar-refractivity contribution in [2.75, 3.05) is 0 Å². The van der Waals surface area contributed by atoms with Crippen molar-refractivity contribution in [3.8, 4) is 0 Å². The van der Waals surface area contributed by atoms with Gasteiger partial charge in [0, 0.05) is 12.0 Å². The Hall–Kier alpha value is -0.840. The van der Waals surface area contributed by atoms with E-state index in [1.807, 2.05) is 6.07 Å². The van der Waals surface area contributed by atoms with Crippen LogP contribution in [0.5, 0.6) is 0 Å². The summed E-state index contributed by atoms with van der Waals surface area (Å²) in [6.07, 6.45) is 1.60. The number of hydrogen-bond donors (Lipinski definition) is 1. The first-order chi connectivity index (χ1) is 6.13. The molecule has 1 aromatic rings. The lowest BCUT2D eigenvalue weighted by atomic mass is 10.1. The zero-order chi connectivity index (χ0) is 9.47. The highest BCUT2D eigenvalue weighted by Gasteiger charge is 2.20. The summed E-state index contributed by atoms with van der Waals surface area (Å²) in [7, 11) is -3.17. The molecule has 0 aromatic heterocycles. The predicted molar refractivity (Wildman–Crippen MR) is 57.8 cm³/mol. The zero-order valence-corrected chi connectivity index (χ0v) is 8.94. The Bertz CT molecular complexity index is 480. The zero-order valence-electron chi connectivity index (χ0n) is 7.30. The van der Waals surface area contributed by atoms with Crippen LogP contribution in [0.4, 0.5) is 0 Å². The fourth-order valence-corrected chi connectivity index (χ4v) is 2.58. The van der Waals surface area contributed by atoms with Gasteiger partial charge in [0.15, 0.2) is 9.84 Å². The van der Waals surface area contributed by atoms with Crippen LogP contribution in [-0.2, 0) is 16.4 Å². The van der Waals surface area contributed by atoms with Crippen molar-refractivity contribution < 1.29 is 8.42 Å². The third-order valence-electron chi connectivity index (χ3n) is 2.05. The van der Waals surface area contributed by atoms with E-state index in [0.717, 1.165) is 11.1 Å². The Labute approximate surface area is 88.9 Å². The third kappa shape index (κ3) is 1.68. The lowest BCUT2D eigenvalue weighted by Gasteiger charge is -2.01. The molecule has 5 heteroatoms. The van der Waals surface area contributed by atoms with Gasteiger partial charge in [-0.1, -0.05) is 12.1 Å². The van der Waals surface area contributed by atoms with E-state index in [-0.39, 0.29) is 12.4 Å². The van der Waals surface area contributed by atoms with Crippen LogP contribution >= 0.6 is 12.4 Å². The van der Waals surface area contributed by atoms with Crippen molar-refractivity contribution >= 4 is 28.3 Å². The van der Waals surface area contributed by atoms with E-state index >= 15 is 0 Å². The van der Waals surface area contributed by atoms with Gasteiger partial charge in [-0.2, -0.15) is 0 Å². The van der Waals surface area contributed by atoms with Gasteiger partial charge in [0.2, 0.25) is 0 Å². The first-order valence-electron chi connectivity index (χ1n) is 3.90. The quantitative estimate of drug-likeness (QED) is 0.793. The van der Waals surface area contributed by atoms with E-state index in [1.165, 1.54) is 5.41 Å². The molecule has 0 bridgehead atoms. The minimum Gasteiger partial charge on any atom is -0.326 e. The molecule has 1 aliphatic heterocycles. The number of sulfone groups is 1. The molecule has 0 radical (unpaired) electrons. The molecular weight excluding hydrogens is 222 g/mol. The molecule has 0 saturated carbocycles. The van der Waals surface area contributed by atoms with E-state index in [2.05, 4.69) is 0 Å². The molecule has 0 aliphatic carbocycles. The second kappa shape index (κ2) is 3.73. The standard InChI is InChI=1S/C9H9NO2S.ClH/c10-6-7-1-2-8-3-4-13(11,12)9(8)5-7;/h1-5H,6,10H2;1H. The molecule has 1 aromatic carbocycles. The summed E-state index contributed by atoms with van der Waals surface area (Å²) < 4.78 is 22.8. The van der Waals surface area contributed by atoms with Gasteiger partial charge in [-0.15, -0.1) is 12.4 Å². The summed E-state index contributed by atoms with van der Waals surface area (Å²) in [6, 6.07) is 5.24. The summed E-state index contributed by atoms with van der Waals surface area (Å²) in [4.78, 5) is 0.371.